The van der Waals surface area contributed by atoms with Crippen molar-refractivity contribution in [3.63, 3.8) is 0 Å². The standard InChI is InChI=1S/C19H18N2O3S2/c1-2-9-24-19(23)13-5-7-14(8-6-13)20-17(22)11-15-12-26-18(21-15)16-4-3-10-25-16/h3-8,10,12H,2,9,11H2,1H3,(H,20,22). The van der Waals surface area contributed by atoms with Crippen LogP contribution in [-0.4, -0.2) is 23.5 Å². The number of benzene rings is 1. The first-order valence-corrected chi connectivity index (χ1v) is 9.97. The predicted octanol–water partition coefficient (Wildman–Crippen LogP) is 4.62. The Kier molecular flexibility index (Phi) is 6.14. The summed E-state index contributed by atoms with van der Waals surface area (Å²) in [6, 6.07) is 10.7. The average Bonchev–Trinajstić information content (AvgIpc) is 3.31. The molecule has 1 N–H and O–H groups in total. The molecule has 0 aliphatic rings. The van der Waals surface area contributed by atoms with Gasteiger partial charge in [-0.05, 0) is 42.1 Å². The smallest absolute Gasteiger partial charge is 0.338 e. The molecule has 0 saturated carbocycles. The van der Waals surface area contributed by atoms with Crippen LogP contribution in [-0.2, 0) is 16.0 Å². The number of esters is 1. The highest BCUT2D eigenvalue weighted by Crippen LogP contribution is 2.28. The maximum atomic E-state index is 12.2. The molecule has 0 aliphatic carbocycles. The highest BCUT2D eigenvalue weighted by atomic mass is 32.1. The van der Waals surface area contributed by atoms with Crippen LogP contribution in [0.5, 0.6) is 0 Å². The van der Waals surface area contributed by atoms with E-state index in [1.54, 1.807) is 35.6 Å². The third-order valence-corrected chi connectivity index (χ3v) is 5.40. The molecule has 134 valence electrons. The molecule has 3 aromatic rings. The molecular weight excluding hydrogens is 368 g/mol. The lowest BCUT2D eigenvalue weighted by Crippen LogP contribution is -2.14. The number of nitrogens with one attached hydrogen (secondary N) is 1. The lowest BCUT2D eigenvalue weighted by atomic mass is 10.2. The van der Waals surface area contributed by atoms with Crippen LogP contribution in [0.25, 0.3) is 9.88 Å². The summed E-state index contributed by atoms with van der Waals surface area (Å²) in [5.41, 5.74) is 1.85. The van der Waals surface area contributed by atoms with Crippen molar-refractivity contribution in [3.8, 4) is 9.88 Å². The summed E-state index contributed by atoms with van der Waals surface area (Å²) in [4.78, 5) is 29.6. The lowest BCUT2D eigenvalue weighted by molar-refractivity contribution is -0.115. The molecule has 3 rings (SSSR count). The van der Waals surface area contributed by atoms with Crippen molar-refractivity contribution in [2.75, 3.05) is 11.9 Å². The van der Waals surface area contributed by atoms with Gasteiger partial charge < -0.3 is 10.1 Å². The van der Waals surface area contributed by atoms with Gasteiger partial charge in [-0.1, -0.05) is 13.0 Å². The number of carbonyl (C=O) groups is 2. The summed E-state index contributed by atoms with van der Waals surface area (Å²) in [7, 11) is 0. The molecule has 0 unspecified atom stereocenters. The van der Waals surface area contributed by atoms with Crippen LogP contribution in [0.3, 0.4) is 0 Å². The van der Waals surface area contributed by atoms with Gasteiger partial charge in [0.1, 0.15) is 5.01 Å². The number of anilines is 1. The zero-order chi connectivity index (χ0) is 18.4. The van der Waals surface area contributed by atoms with Crippen LogP contribution >= 0.6 is 22.7 Å². The van der Waals surface area contributed by atoms with Gasteiger partial charge in [0.15, 0.2) is 0 Å². The molecule has 2 heterocycles. The van der Waals surface area contributed by atoms with Crippen molar-refractivity contribution in [1.82, 2.24) is 4.98 Å². The first kappa shape index (κ1) is 18.3. The summed E-state index contributed by atoms with van der Waals surface area (Å²) in [5, 5.41) is 7.66. The number of amides is 1. The van der Waals surface area contributed by atoms with E-state index < -0.39 is 0 Å². The third kappa shape index (κ3) is 4.77. The molecule has 2 aromatic heterocycles. The number of nitrogens with zero attached hydrogens (tertiary/aromatic N) is 1. The zero-order valence-electron chi connectivity index (χ0n) is 14.2. The van der Waals surface area contributed by atoms with Crippen molar-refractivity contribution >= 4 is 40.2 Å². The number of hydrogen-bond acceptors (Lipinski definition) is 6. The van der Waals surface area contributed by atoms with Gasteiger partial charge >= 0.3 is 5.97 Å². The first-order valence-electron chi connectivity index (χ1n) is 8.21. The number of carbonyl (C=O) groups excluding carboxylic acids is 2. The molecule has 0 spiro atoms. The molecule has 1 aromatic carbocycles. The van der Waals surface area contributed by atoms with Crippen molar-refractivity contribution in [2.24, 2.45) is 0 Å². The monoisotopic (exact) mass is 386 g/mol. The first-order chi connectivity index (χ1) is 12.7. The van der Waals surface area contributed by atoms with Crippen molar-refractivity contribution in [2.45, 2.75) is 19.8 Å². The molecule has 5 nitrogen and oxygen atoms in total. The highest BCUT2D eigenvalue weighted by Gasteiger charge is 2.11. The van der Waals surface area contributed by atoms with Crippen molar-refractivity contribution in [1.29, 1.82) is 0 Å². The molecule has 1 amide bonds. The van der Waals surface area contributed by atoms with Gasteiger partial charge in [0.2, 0.25) is 5.91 Å². The Hall–Kier alpha value is -2.51. The van der Waals surface area contributed by atoms with Gasteiger partial charge in [0.05, 0.1) is 29.2 Å². The maximum Gasteiger partial charge on any atom is 0.338 e. The second kappa shape index (κ2) is 8.73. The van der Waals surface area contributed by atoms with E-state index >= 15 is 0 Å². The second-order valence-electron chi connectivity index (χ2n) is 5.56. The van der Waals surface area contributed by atoms with E-state index in [1.807, 2.05) is 29.8 Å². The summed E-state index contributed by atoms with van der Waals surface area (Å²) < 4.78 is 5.08. The number of thiophene rings is 1. The Morgan fingerprint density at radius 1 is 1.15 bits per heavy atom. The van der Waals surface area contributed by atoms with Crippen LogP contribution in [0.1, 0.15) is 29.4 Å². The van der Waals surface area contributed by atoms with Gasteiger partial charge in [-0.3, -0.25) is 4.79 Å². The zero-order valence-corrected chi connectivity index (χ0v) is 15.9. The molecule has 26 heavy (non-hydrogen) atoms. The minimum absolute atomic E-state index is 0.144. The van der Waals surface area contributed by atoms with E-state index in [2.05, 4.69) is 10.3 Å². The maximum absolute atomic E-state index is 12.2. The van der Waals surface area contributed by atoms with E-state index in [0.29, 0.717) is 17.9 Å². The topological polar surface area (TPSA) is 68.3 Å². The van der Waals surface area contributed by atoms with Crippen LogP contribution in [0.15, 0.2) is 47.2 Å². The van der Waals surface area contributed by atoms with E-state index in [0.717, 1.165) is 22.0 Å². The number of aromatic nitrogens is 1. The van der Waals surface area contributed by atoms with Crippen LogP contribution in [0.2, 0.25) is 0 Å². The minimum Gasteiger partial charge on any atom is -0.462 e. The predicted molar refractivity (Wildman–Crippen MR) is 105 cm³/mol. The Labute approximate surface area is 159 Å². The van der Waals surface area contributed by atoms with Crippen molar-refractivity contribution < 1.29 is 14.3 Å². The summed E-state index contributed by atoms with van der Waals surface area (Å²) in [5.74, 6) is -0.498. The summed E-state index contributed by atoms with van der Waals surface area (Å²) in [6.07, 6.45) is 0.993. The van der Waals surface area contributed by atoms with Crippen LogP contribution in [0, 0.1) is 0 Å². The summed E-state index contributed by atoms with van der Waals surface area (Å²) in [6.45, 7) is 2.34. The Balaban J connectivity index is 1.56. The summed E-state index contributed by atoms with van der Waals surface area (Å²) >= 11 is 3.16. The van der Waals surface area contributed by atoms with Gasteiger partial charge in [-0.25, -0.2) is 9.78 Å². The molecule has 0 atom stereocenters. The Bertz CT molecular complexity index is 871. The third-order valence-electron chi connectivity index (χ3n) is 3.47. The van der Waals surface area contributed by atoms with E-state index in [1.165, 1.54) is 11.3 Å². The Morgan fingerprint density at radius 3 is 2.65 bits per heavy atom. The van der Waals surface area contributed by atoms with Gasteiger partial charge in [0, 0.05) is 11.1 Å². The average molecular weight is 386 g/mol. The fourth-order valence-electron chi connectivity index (χ4n) is 2.24. The minimum atomic E-state index is -0.353. The van der Waals surface area contributed by atoms with Gasteiger partial charge in [0.25, 0.3) is 0 Å². The number of ether oxygens (including phenoxy) is 1. The molecule has 0 fully saturated rings. The number of hydrogen-bond donors (Lipinski definition) is 1. The van der Waals surface area contributed by atoms with Crippen LogP contribution < -0.4 is 5.32 Å². The van der Waals surface area contributed by atoms with Crippen LogP contribution in [0.4, 0.5) is 5.69 Å². The highest BCUT2D eigenvalue weighted by molar-refractivity contribution is 7.20. The number of rotatable bonds is 7. The SMILES string of the molecule is CCCOC(=O)c1ccc(NC(=O)Cc2csc(-c3cccs3)n2)cc1. The van der Waals surface area contributed by atoms with E-state index in [9.17, 15) is 9.59 Å². The van der Waals surface area contributed by atoms with E-state index in [-0.39, 0.29) is 18.3 Å². The van der Waals surface area contributed by atoms with Gasteiger partial charge in [-0.2, -0.15) is 0 Å². The second-order valence-corrected chi connectivity index (χ2v) is 7.37. The van der Waals surface area contributed by atoms with E-state index in [4.69, 9.17) is 4.74 Å². The van der Waals surface area contributed by atoms with Crippen molar-refractivity contribution in [3.05, 3.63) is 58.4 Å². The quantitative estimate of drug-likeness (QED) is 0.602. The molecule has 7 heteroatoms. The molecule has 0 radical (unpaired) electrons. The normalized spacial score (nSPS) is 10.5. The molecule has 0 bridgehead atoms. The molecule has 0 saturated heterocycles. The lowest BCUT2D eigenvalue weighted by Gasteiger charge is -2.06. The largest absolute Gasteiger partial charge is 0.462 e. The fourth-order valence-corrected chi connectivity index (χ4v) is 3.87. The number of thiazole rings is 1. The molecule has 0 aliphatic heterocycles. The molecular formula is C19H18N2O3S2. The fraction of sp³-hybridized carbons (Fsp3) is 0.211. The Morgan fingerprint density at radius 2 is 1.96 bits per heavy atom. The van der Waals surface area contributed by atoms with Gasteiger partial charge in [-0.15, -0.1) is 22.7 Å².